The van der Waals surface area contributed by atoms with Crippen molar-refractivity contribution in [3.8, 4) is 5.75 Å². The molecule has 0 bridgehead atoms. The molecule has 1 aromatic heterocycles. The number of aryl methyl sites for hydroxylation is 1. The Kier molecular flexibility index (Phi) is 5.84. The number of esters is 1. The minimum absolute atomic E-state index is 0.0454. The lowest BCUT2D eigenvalue weighted by Gasteiger charge is -2.05. The molecule has 0 aliphatic carbocycles. The van der Waals surface area contributed by atoms with E-state index in [9.17, 15) is 18.4 Å². The Hall–Kier alpha value is -3.07. The minimum Gasteiger partial charge on any atom is -0.497 e. The van der Waals surface area contributed by atoms with Crippen molar-refractivity contribution in [2.24, 2.45) is 4.99 Å². The summed E-state index contributed by atoms with van der Waals surface area (Å²) >= 11 is 1.15. The molecule has 0 aliphatic heterocycles. The second-order valence-corrected chi connectivity index (χ2v) is 6.72. The molecule has 9 heteroatoms. The maximum absolute atomic E-state index is 13.9. The average Bonchev–Trinajstić information content (AvgIpc) is 3.01. The summed E-state index contributed by atoms with van der Waals surface area (Å²) in [6.07, 6.45) is 0.0454. The number of rotatable bonds is 5. The Morgan fingerprint density at radius 1 is 1.14 bits per heavy atom. The van der Waals surface area contributed by atoms with Gasteiger partial charge in [-0.05, 0) is 30.3 Å². The van der Waals surface area contributed by atoms with E-state index in [0.29, 0.717) is 11.3 Å². The summed E-state index contributed by atoms with van der Waals surface area (Å²) in [6, 6.07) is 8.40. The van der Waals surface area contributed by atoms with Gasteiger partial charge in [0.2, 0.25) is 0 Å². The minimum atomic E-state index is -1.04. The van der Waals surface area contributed by atoms with Crippen molar-refractivity contribution in [3.05, 3.63) is 58.4 Å². The van der Waals surface area contributed by atoms with Crippen LogP contribution in [-0.4, -0.2) is 30.7 Å². The van der Waals surface area contributed by atoms with Gasteiger partial charge < -0.3 is 14.0 Å². The van der Waals surface area contributed by atoms with Gasteiger partial charge in [0, 0.05) is 6.54 Å². The third-order valence-corrected chi connectivity index (χ3v) is 5.07. The van der Waals surface area contributed by atoms with Crippen molar-refractivity contribution in [2.75, 3.05) is 14.2 Å². The third-order valence-electron chi connectivity index (χ3n) is 4.03. The molecule has 6 nitrogen and oxygen atoms in total. The van der Waals surface area contributed by atoms with E-state index in [1.807, 2.05) is 0 Å². The van der Waals surface area contributed by atoms with Gasteiger partial charge in [0.1, 0.15) is 22.9 Å². The topological polar surface area (TPSA) is 69.9 Å². The maximum atomic E-state index is 13.9. The van der Waals surface area contributed by atoms with Crippen molar-refractivity contribution >= 4 is 33.4 Å². The third kappa shape index (κ3) is 3.94. The van der Waals surface area contributed by atoms with Gasteiger partial charge in [-0.25, -0.2) is 8.78 Å². The van der Waals surface area contributed by atoms with Crippen LogP contribution in [0.1, 0.15) is 16.8 Å². The molecule has 0 N–H and O–H groups in total. The molecular formula is C19H16F2N2O4S. The fourth-order valence-corrected chi connectivity index (χ4v) is 3.71. The highest BCUT2D eigenvalue weighted by Gasteiger charge is 2.18. The van der Waals surface area contributed by atoms with Crippen LogP contribution >= 0.6 is 11.3 Å². The smallest absolute Gasteiger partial charge is 0.307 e. The van der Waals surface area contributed by atoms with Crippen LogP contribution < -0.4 is 9.54 Å². The molecule has 0 spiro atoms. The van der Waals surface area contributed by atoms with Crippen LogP contribution in [-0.2, 0) is 16.1 Å². The summed E-state index contributed by atoms with van der Waals surface area (Å²) < 4.78 is 40.0. The fourth-order valence-electron chi connectivity index (χ4n) is 2.63. The summed E-state index contributed by atoms with van der Waals surface area (Å²) in [5, 5.41) is 0. The molecule has 2 aromatic carbocycles. The second kappa shape index (κ2) is 8.30. The van der Waals surface area contributed by atoms with E-state index in [1.54, 1.807) is 22.8 Å². The molecule has 146 valence electrons. The van der Waals surface area contributed by atoms with Gasteiger partial charge in [-0.3, -0.25) is 9.59 Å². The Bertz CT molecular complexity index is 1100. The molecule has 0 atom stereocenters. The number of aromatic nitrogens is 1. The first kappa shape index (κ1) is 19.7. The van der Waals surface area contributed by atoms with Crippen molar-refractivity contribution in [1.82, 2.24) is 4.57 Å². The Balaban J connectivity index is 2.13. The number of hydrogen-bond acceptors (Lipinski definition) is 5. The summed E-state index contributed by atoms with van der Waals surface area (Å²) in [5.74, 6) is -2.85. The van der Waals surface area contributed by atoms with E-state index in [1.165, 1.54) is 20.3 Å². The molecule has 1 amide bonds. The highest BCUT2D eigenvalue weighted by molar-refractivity contribution is 7.16. The monoisotopic (exact) mass is 406 g/mol. The molecule has 1 heterocycles. The Morgan fingerprint density at radius 3 is 2.50 bits per heavy atom. The highest BCUT2D eigenvalue weighted by Crippen LogP contribution is 2.23. The molecule has 0 saturated carbocycles. The molecule has 0 unspecified atom stereocenters. The Morgan fingerprint density at radius 2 is 1.86 bits per heavy atom. The second-order valence-electron chi connectivity index (χ2n) is 5.71. The lowest BCUT2D eigenvalue weighted by Crippen LogP contribution is -2.19. The zero-order chi connectivity index (χ0) is 20.3. The molecule has 28 heavy (non-hydrogen) atoms. The van der Waals surface area contributed by atoms with Crippen molar-refractivity contribution in [3.63, 3.8) is 0 Å². The molecule has 0 fully saturated rings. The summed E-state index contributed by atoms with van der Waals surface area (Å²) in [4.78, 5) is 28.1. The van der Waals surface area contributed by atoms with Crippen LogP contribution in [0.25, 0.3) is 10.2 Å². The normalized spacial score (nSPS) is 11.6. The SMILES string of the molecule is COC(=O)CCn1c(=NC(=O)c2c(F)cccc2F)sc2cc(OC)ccc21. The van der Waals surface area contributed by atoms with Crippen LogP contribution in [0, 0.1) is 11.6 Å². The van der Waals surface area contributed by atoms with Crippen molar-refractivity contribution < 1.29 is 27.8 Å². The number of ether oxygens (including phenoxy) is 2. The predicted octanol–water partition coefficient (Wildman–Crippen LogP) is 3.29. The highest BCUT2D eigenvalue weighted by atomic mass is 32.1. The summed E-state index contributed by atoms with van der Waals surface area (Å²) in [7, 11) is 2.80. The average molecular weight is 406 g/mol. The quantitative estimate of drug-likeness (QED) is 0.610. The van der Waals surface area contributed by atoms with E-state index < -0.39 is 29.1 Å². The lowest BCUT2D eigenvalue weighted by molar-refractivity contribution is -0.140. The van der Waals surface area contributed by atoms with Gasteiger partial charge in [0.25, 0.3) is 5.91 Å². The predicted molar refractivity (Wildman–Crippen MR) is 99.3 cm³/mol. The van der Waals surface area contributed by atoms with Crippen LogP contribution in [0.2, 0.25) is 0 Å². The number of halogens is 2. The molecule has 3 rings (SSSR count). The zero-order valence-corrected chi connectivity index (χ0v) is 15.9. The number of methoxy groups -OCH3 is 2. The van der Waals surface area contributed by atoms with E-state index in [-0.39, 0.29) is 17.8 Å². The summed E-state index contributed by atoms with van der Waals surface area (Å²) in [6.45, 7) is 0.185. The number of benzene rings is 2. The van der Waals surface area contributed by atoms with E-state index in [4.69, 9.17) is 4.74 Å². The van der Waals surface area contributed by atoms with Gasteiger partial charge in [-0.1, -0.05) is 17.4 Å². The fraction of sp³-hybridized carbons (Fsp3) is 0.211. The van der Waals surface area contributed by atoms with Gasteiger partial charge >= 0.3 is 5.97 Å². The van der Waals surface area contributed by atoms with Crippen molar-refractivity contribution in [1.29, 1.82) is 0 Å². The number of hydrogen-bond donors (Lipinski definition) is 0. The van der Waals surface area contributed by atoms with Crippen molar-refractivity contribution in [2.45, 2.75) is 13.0 Å². The largest absolute Gasteiger partial charge is 0.497 e. The first-order chi connectivity index (χ1) is 13.4. The number of thiazole rings is 1. The first-order valence-electron chi connectivity index (χ1n) is 8.22. The van der Waals surface area contributed by atoms with Crippen LogP contribution in [0.15, 0.2) is 41.4 Å². The lowest BCUT2D eigenvalue weighted by atomic mass is 10.2. The summed E-state index contributed by atoms with van der Waals surface area (Å²) in [5.41, 5.74) is -0.0210. The van der Waals surface area contributed by atoms with Gasteiger partial charge in [-0.15, -0.1) is 0 Å². The van der Waals surface area contributed by atoms with Gasteiger partial charge in [0.15, 0.2) is 4.80 Å². The van der Waals surface area contributed by atoms with Crippen LogP contribution in [0.4, 0.5) is 8.78 Å². The van der Waals surface area contributed by atoms with Crippen LogP contribution in [0.5, 0.6) is 5.75 Å². The first-order valence-corrected chi connectivity index (χ1v) is 9.03. The molecule has 0 saturated heterocycles. The molecule has 3 aromatic rings. The molecule has 0 radical (unpaired) electrons. The number of fused-ring (bicyclic) bond motifs is 1. The standard InChI is InChI=1S/C19H16F2N2O4S/c1-26-11-6-7-14-15(10-11)28-19(23(14)9-8-16(24)27-2)22-18(25)17-12(20)4-3-5-13(17)21/h3-7,10H,8-9H2,1-2H3. The Labute approximate surface area is 162 Å². The van der Waals surface area contributed by atoms with Gasteiger partial charge in [-0.2, -0.15) is 4.99 Å². The molecular weight excluding hydrogens is 390 g/mol. The van der Waals surface area contributed by atoms with E-state index >= 15 is 0 Å². The number of nitrogens with zero attached hydrogens (tertiary/aromatic N) is 2. The maximum Gasteiger partial charge on any atom is 0.307 e. The van der Waals surface area contributed by atoms with E-state index in [2.05, 4.69) is 9.73 Å². The van der Waals surface area contributed by atoms with Crippen LogP contribution in [0.3, 0.4) is 0 Å². The number of carbonyl (C=O) groups is 2. The number of carbonyl (C=O) groups excluding carboxylic acids is 2. The van der Waals surface area contributed by atoms with Gasteiger partial charge in [0.05, 0.1) is 30.9 Å². The molecule has 0 aliphatic rings. The van der Waals surface area contributed by atoms with E-state index in [0.717, 1.165) is 28.2 Å². The number of amides is 1. The zero-order valence-electron chi connectivity index (χ0n) is 15.1.